The van der Waals surface area contributed by atoms with E-state index in [1.54, 1.807) is 11.8 Å². The SMILES string of the molecule is CC(=O)N(CC#N)C1CCCCC1. The normalized spacial score (nSPS) is 17.8. The van der Waals surface area contributed by atoms with Crippen molar-refractivity contribution in [2.75, 3.05) is 6.54 Å². The van der Waals surface area contributed by atoms with E-state index in [9.17, 15) is 4.79 Å². The van der Waals surface area contributed by atoms with Crippen molar-refractivity contribution in [3.63, 3.8) is 0 Å². The molecule has 1 saturated carbocycles. The molecule has 0 spiro atoms. The van der Waals surface area contributed by atoms with E-state index in [1.807, 2.05) is 0 Å². The van der Waals surface area contributed by atoms with Gasteiger partial charge in [0.1, 0.15) is 6.54 Å². The molecule has 0 radical (unpaired) electrons. The minimum Gasteiger partial charge on any atom is -0.327 e. The maximum Gasteiger partial charge on any atom is 0.220 e. The molecule has 0 aromatic heterocycles. The Balaban J connectivity index is 2.52. The van der Waals surface area contributed by atoms with Crippen LogP contribution < -0.4 is 0 Å². The summed E-state index contributed by atoms with van der Waals surface area (Å²) in [4.78, 5) is 12.9. The lowest BCUT2D eigenvalue weighted by molar-refractivity contribution is -0.131. The Hall–Kier alpha value is -1.04. The second-order valence-corrected chi connectivity index (χ2v) is 3.60. The lowest BCUT2D eigenvalue weighted by Crippen LogP contribution is -2.40. The van der Waals surface area contributed by atoms with Crippen molar-refractivity contribution in [1.82, 2.24) is 4.90 Å². The van der Waals surface area contributed by atoms with Crippen LogP contribution in [-0.4, -0.2) is 23.4 Å². The molecule has 1 fully saturated rings. The highest BCUT2D eigenvalue weighted by molar-refractivity contribution is 5.73. The Kier molecular flexibility index (Phi) is 3.75. The van der Waals surface area contributed by atoms with E-state index in [2.05, 4.69) is 6.07 Å². The van der Waals surface area contributed by atoms with Crippen LogP contribution in [0.15, 0.2) is 0 Å². The summed E-state index contributed by atoms with van der Waals surface area (Å²) in [5.74, 6) is 0.0356. The molecule has 0 saturated heterocycles. The number of amides is 1. The van der Waals surface area contributed by atoms with Crippen molar-refractivity contribution >= 4 is 5.91 Å². The third kappa shape index (κ3) is 2.73. The molecule has 0 heterocycles. The zero-order valence-electron chi connectivity index (χ0n) is 8.12. The summed E-state index contributed by atoms with van der Waals surface area (Å²) in [5.41, 5.74) is 0. The molecule has 1 aliphatic carbocycles. The predicted molar refractivity (Wildman–Crippen MR) is 49.9 cm³/mol. The van der Waals surface area contributed by atoms with E-state index in [0.29, 0.717) is 6.04 Å². The van der Waals surface area contributed by atoms with Crippen molar-refractivity contribution < 1.29 is 4.79 Å². The molecule has 0 unspecified atom stereocenters. The number of hydrogen-bond donors (Lipinski definition) is 0. The largest absolute Gasteiger partial charge is 0.327 e. The number of carbonyl (C=O) groups excluding carboxylic acids is 1. The van der Waals surface area contributed by atoms with Gasteiger partial charge in [0, 0.05) is 13.0 Å². The van der Waals surface area contributed by atoms with Crippen LogP contribution in [0.3, 0.4) is 0 Å². The smallest absolute Gasteiger partial charge is 0.220 e. The van der Waals surface area contributed by atoms with Gasteiger partial charge in [-0.25, -0.2) is 0 Å². The molecule has 72 valence electrons. The maximum atomic E-state index is 11.2. The highest BCUT2D eigenvalue weighted by Gasteiger charge is 2.22. The monoisotopic (exact) mass is 180 g/mol. The summed E-state index contributed by atoms with van der Waals surface area (Å²) in [7, 11) is 0. The van der Waals surface area contributed by atoms with Crippen LogP contribution in [0.5, 0.6) is 0 Å². The van der Waals surface area contributed by atoms with Gasteiger partial charge < -0.3 is 4.90 Å². The molecular weight excluding hydrogens is 164 g/mol. The second kappa shape index (κ2) is 4.86. The zero-order chi connectivity index (χ0) is 9.68. The number of rotatable bonds is 2. The minimum atomic E-state index is 0.0356. The summed E-state index contributed by atoms with van der Waals surface area (Å²) in [6, 6.07) is 2.38. The lowest BCUT2D eigenvalue weighted by atomic mass is 9.94. The topological polar surface area (TPSA) is 44.1 Å². The van der Waals surface area contributed by atoms with Crippen LogP contribution >= 0.6 is 0 Å². The van der Waals surface area contributed by atoms with Crippen molar-refractivity contribution in [2.45, 2.75) is 45.1 Å². The van der Waals surface area contributed by atoms with Gasteiger partial charge in [0.2, 0.25) is 5.91 Å². The molecule has 1 rings (SSSR count). The van der Waals surface area contributed by atoms with Crippen molar-refractivity contribution in [2.24, 2.45) is 0 Å². The Morgan fingerprint density at radius 2 is 2.08 bits per heavy atom. The lowest BCUT2D eigenvalue weighted by Gasteiger charge is -2.31. The fourth-order valence-electron chi connectivity index (χ4n) is 1.97. The molecule has 0 bridgehead atoms. The fourth-order valence-corrected chi connectivity index (χ4v) is 1.97. The Morgan fingerprint density at radius 1 is 1.46 bits per heavy atom. The Morgan fingerprint density at radius 3 is 2.54 bits per heavy atom. The molecule has 1 amide bonds. The number of nitrogens with zero attached hydrogens (tertiary/aromatic N) is 2. The van der Waals surface area contributed by atoms with Crippen LogP contribution in [0.4, 0.5) is 0 Å². The molecule has 3 nitrogen and oxygen atoms in total. The molecule has 0 aliphatic heterocycles. The van der Waals surface area contributed by atoms with Gasteiger partial charge >= 0.3 is 0 Å². The number of nitriles is 1. The average molecular weight is 180 g/mol. The summed E-state index contributed by atoms with van der Waals surface area (Å²) in [5, 5.41) is 8.57. The van der Waals surface area contributed by atoms with E-state index in [0.717, 1.165) is 12.8 Å². The van der Waals surface area contributed by atoms with Gasteiger partial charge in [0.15, 0.2) is 0 Å². The molecule has 0 atom stereocenters. The van der Waals surface area contributed by atoms with Crippen molar-refractivity contribution in [1.29, 1.82) is 5.26 Å². The molecule has 1 aliphatic rings. The van der Waals surface area contributed by atoms with E-state index >= 15 is 0 Å². The first-order chi connectivity index (χ1) is 6.25. The van der Waals surface area contributed by atoms with Gasteiger partial charge in [-0.2, -0.15) is 5.26 Å². The highest BCUT2D eigenvalue weighted by Crippen LogP contribution is 2.22. The van der Waals surface area contributed by atoms with Crippen LogP contribution in [0.2, 0.25) is 0 Å². The molecule has 0 aromatic rings. The summed E-state index contributed by atoms with van der Waals surface area (Å²) < 4.78 is 0. The van der Waals surface area contributed by atoms with Gasteiger partial charge in [-0.15, -0.1) is 0 Å². The van der Waals surface area contributed by atoms with Gasteiger partial charge in [-0.05, 0) is 12.8 Å². The summed E-state index contributed by atoms with van der Waals surface area (Å²) in [6.45, 7) is 1.80. The van der Waals surface area contributed by atoms with E-state index < -0.39 is 0 Å². The van der Waals surface area contributed by atoms with Crippen LogP contribution in [0, 0.1) is 11.3 Å². The fraction of sp³-hybridized carbons (Fsp3) is 0.800. The van der Waals surface area contributed by atoms with Crippen LogP contribution in [0.25, 0.3) is 0 Å². The first-order valence-electron chi connectivity index (χ1n) is 4.90. The quantitative estimate of drug-likeness (QED) is 0.607. The van der Waals surface area contributed by atoms with E-state index in [1.165, 1.54) is 19.3 Å². The zero-order valence-corrected chi connectivity index (χ0v) is 8.12. The van der Waals surface area contributed by atoms with Crippen LogP contribution in [-0.2, 0) is 4.79 Å². The highest BCUT2D eigenvalue weighted by atomic mass is 16.2. The van der Waals surface area contributed by atoms with Gasteiger partial charge in [-0.1, -0.05) is 19.3 Å². The second-order valence-electron chi connectivity index (χ2n) is 3.60. The summed E-state index contributed by atoms with van der Waals surface area (Å²) in [6.07, 6.45) is 5.80. The number of hydrogen-bond acceptors (Lipinski definition) is 2. The third-order valence-electron chi connectivity index (χ3n) is 2.66. The maximum absolute atomic E-state index is 11.2. The van der Waals surface area contributed by atoms with Crippen LogP contribution in [0.1, 0.15) is 39.0 Å². The molecule has 0 N–H and O–H groups in total. The standard InChI is InChI=1S/C10H16N2O/c1-9(13)12(8-7-11)10-5-3-2-4-6-10/h10H,2-6,8H2,1H3. The van der Waals surface area contributed by atoms with Crippen molar-refractivity contribution in [3.05, 3.63) is 0 Å². The van der Waals surface area contributed by atoms with Crippen molar-refractivity contribution in [3.8, 4) is 6.07 Å². The first kappa shape index (κ1) is 10.0. The molecule has 3 heteroatoms. The van der Waals surface area contributed by atoms with Gasteiger partial charge in [0.25, 0.3) is 0 Å². The predicted octanol–water partition coefficient (Wildman–Crippen LogP) is 1.69. The molecule has 13 heavy (non-hydrogen) atoms. The third-order valence-corrected chi connectivity index (χ3v) is 2.66. The Labute approximate surface area is 79.3 Å². The van der Waals surface area contributed by atoms with E-state index in [4.69, 9.17) is 5.26 Å². The first-order valence-corrected chi connectivity index (χ1v) is 4.90. The van der Waals surface area contributed by atoms with Gasteiger partial charge in [0.05, 0.1) is 6.07 Å². The van der Waals surface area contributed by atoms with E-state index in [-0.39, 0.29) is 12.5 Å². The minimum absolute atomic E-state index is 0.0356. The molecule has 0 aromatic carbocycles. The average Bonchev–Trinajstić information content (AvgIpc) is 2.15. The van der Waals surface area contributed by atoms with Gasteiger partial charge in [-0.3, -0.25) is 4.79 Å². The summed E-state index contributed by atoms with van der Waals surface area (Å²) >= 11 is 0. The molecular formula is C10H16N2O. The Bertz CT molecular complexity index is 213. The number of carbonyl (C=O) groups is 1.